The normalized spacial score (nSPS) is 13.0. The Labute approximate surface area is 180 Å². The molecule has 3 N–H and O–H groups in total. The number of nitrogens with zero attached hydrogens (tertiary/aromatic N) is 1. The smallest absolute Gasteiger partial charge is 0.197 e. The van der Waals surface area contributed by atoms with Gasteiger partial charge < -0.3 is 24.5 Å². The van der Waals surface area contributed by atoms with Crippen LogP contribution in [0.5, 0.6) is 5.75 Å². The maximum Gasteiger partial charge on any atom is 0.197 e. The molecule has 162 valence electrons. The molecule has 0 radical (unpaired) electrons. The van der Waals surface area contributed by atoms with Crippen molar-refractivity contribution < 1.29 is 29.3 Å². The zero-order valence-corrected chi connectivity index (χ0v) is 17.5. The van der Waals surface area contributed by atoms with Gasteiger partial charge in [-0.1, -0.05) is 13.8 Å². The molecule has 1 heterocycles. The van der Waals surface area contributed by atoms with E-state index in [0.29, 0.717) is 52.0 Å². The van der Waals surface area contributed by atoms with Crippen LogP contribution in [-0.4, -0.2) is 46.5 Å². The van der Waals surface area contributed by atoms with E-state index in [-0.39, 0.29) is 12.4 Å². The molecule has 0 saturated carbocycles. The summed E-state index contributed by atoms with van der Waals surface area (Å²) in [4.78, 5) is 13.5. The Balaban J connectivity index is 1.94. The van der Waals surface area contributed by atoms with Gasteiger partial charge in [-0.05, 0) is 48.4 Å². The van der Waals surface area contributed by atoms with Crippen LogP contribution in [0.2, 0.25) is 0 Å². The first-order chi connectivity index (χ1) is 14.9. The predicted molar refractivity (Wildman–Crippen MR) is 114 cm³/mol. The van der Waals surface area contributed by atoms with Crippen molar-refractivity contribution in [3.8, 4) is 11.8 Å². The molecule has 2 aromatic carbocycles. The first kappa shape index (κ1) is 22.5. The second-order valence-electron chi connectivity index (χ2n) is 7.21. The summed E-state index contributed by atoms with van der Waals surface area (Å²) < 4.78 is 11.4. The van der Waals surface area contributed by atoms with E-state index >= 15 is 0 Å². The highest BCUT2D eigenvalue weighted by molar-refractivity contribution is 6.17. The van der Waals surface area contributed by atoms with Crippen molar-refractivity contribution in [2.45, 2.75) is 38.9 Å². The monoisotopic (exact) mass is 423 g/mol. The third-order valence-corrected chi connectivity index (χ3v) is 5.19. The summed E-state index contributed by atoms with van der Waals surface area (Å²) in [5, 5.41) is 37.9. The topological polar surface area (TPSA) is 124 Å². The fraction of sp³-hybridized carbons (Fsp3) is 0.333. The van der Waals surface area contributed by atoms with Gasteiger partial charge in [0.05, 0.1) is 23.8 Å². The second kappa shape index (κ2) is 9.75. The number of carbonyl (C=O) groups excluding carboxylic acids is 1. The highest BCUT2D eigenvalue weighted by Gasteiger charge is 2.23. The van der Waals surface area contributed by atoms with Crippen molar-refractivity contribution >= 4 is 16.8 Å². The average Bonchev–Trinajstić information content (AvgIpc) is 3.18. The molecule has 0 bridgehead atoms. The van der Waals surface area contributed by atoms with E-state index in [0.717, 1.165) is 5.56 Å². The number of hydrogen-bond acceptors (Lipinski definition) is 7. The Morgan fingerprint density at radius 1 is 1.13 bits per heavy atom. The van der Waals surface area contributed by atoms with Crippen molar-refractivity contribution in [1.29, 1.82) is 5.26 Å². The minimum atomic E-state index is -1.28. The molecule has 0 aliphatic rings. The Morgan fingerprint density at radius 3 is 2.55 bits per heavy atom. The van der Waals surface area contributed by atoms with E-state index in [9.17, 15) is 15.0 Å². The molecule has 0 unspecified atom stereocenters. The van der Waals surface area contributed by atoms with E-state index in [2.05, 4.69) is 6.07 Å². The Kier molecular flexibility index (Phi) is 7.08. The first-order valence-corrected chi connectivity index (χ1v) is 10.2. The molecule has 31 heavy (non-hydrogen) atoms. The molecule has 0 aliphatic carbocycles. The molecule has 3 aromatic rings. The van der Waals surface area contributed by atoms with Gasteiger partial charge in [0.15, 0.2) is 5.78 Å². The number of aliphatic hydroxyl groups excluding tert-OH is 3. The van der Waals surface area contributed by atoms with Crippen LogP contribution < -0.4 is 4.74 Å². The van der Waals surface area contributed by atoms with Crippen molar-refractivity contribution in [2.75, 3.05) is 13.2 Å². The highest BCUT2D eigenvalue weighted by Crippen LogP contribution is 2.31. The lowest BCUT2D eigenvalue weighted by molar-refractivity contribution is -0.0339. The molecule has 0 amide bonds. The molecule has 7 heteroatoms. The van der Waals surface area contributed by atoms with Crippen LogP contribution in [0.3, 0.4) is 0 Å². The number of furan rings is 1. The van der Waals surface area contributed by atoms with E-state index in [4.69, 9.17) is 19.5 Å². The minimum absolute atomic E-state index is 0.167. The molecule has 3 rings (SSSR count). The number of ketones is 1. The number of benzene rings is 2. The van der Waals surface area contributed by atoms with Crippen molar-refractivity contribution in [1.82, 2.24) is 0 Å². The Bertz CT molecular complexity index is 1130. The summed E-state index contributed by atoms with van der Waals surface area (Å²) in [6.45, 7) is 3.08. The minimum Gasteiger partial charge on any atom is -0.491 e. The van der Waals surface area contributed by atoms with E-state index < -0.39 is 18.8 Å². The number of hydrogen-bond donors (Lipinski definition) is 3. The molecule has 0 aliphatic heterocycles. The number of ether oxygens (including phenoxy) is 1. The standard InChI is InChI=1S/C24H25NO6/c1-3-15-10-16(30-13-20(28)19(27)12-26)6-8-17(15)24(29)23-18-7-5-14(11-25)9-22(18)31-21(23)4-2/h5-10,19-20,26-28H,3-4,12-13H2,1-2H3/t19-,20-/m1/s1. The summed E-state index contributed by atoms with van der Waals surface area (Å²) in [6, 6.07) is 12.1. The lowest BCUT2D eigenvalue weighted by Crippen LogP contribution is -2.34. The van der Waals surface area contributed by atoms with Gasteiger partial charge >= 0.3 is 0 Å². The Hall–Kier alpha value is -3.18. The third-order valence-electron chi connectivity index (χ3n) is 5.19. The van der Waals surface area contributed by atoms with Crippen molar-refractivity contribution in [3.63, 3.8) is 0 Å². The van der Waals surface area contributed by atoms with Gasteiger partial charge in [0.1, 0.15) is 35.9 Å². The lowest BCUT2D eigenvalue weighted by Gasteiger charge is -2.17. The number of aliphatic hydroxyl groups is 3. The van der Waals surface area contributed by atoms with Gasteiger partial charge in [0.2, 0.25) is 0 Å². The van der Waals surface area contributed by atoms with Crippen LogP contribution in [0.4, 0.5) is 0 Å². The summed E-state index contributed by atoms with van der Waals surface area (Å²) in [5.41, 5.74) is 2.75. The lowest BCUT2D eigenvalue weighted by atomic mass is 9.94. The number of aryl methyl sites for hydroxylation is 2. The van der Waals surface area contributed by atoms with Gasteiger partial charge in [-0.15, -0.1) is 0 Å². The number of carbonyl (C=O) groups is 1. The average molecular weight is 423 g/mol. The second-order valence-corrected chi connectivity index (χ2v) is 7.21. The van der Waals surface area contributed by atoms with Gasteiger partial charge in [-0.25, -0.2) is 0 Å². The SMILES string of the molecule is CCc1cc(OC[C@@H](O)[C@H](O)CO)ccc1C(=O)c1c(CC)oc2cc(C#N)ccc12. The molecular formula is C24H25NO6. The molecule has 0 fully saturated rings. The van der Waals surface area contributed by atoms with E-state index in [1.54, 1.807) is 36.4 Å². The van der Waals surface area contributed by atoms with Crippen LogP contribution in [0.25, 0.3) is 11.0 Å². The number of nitriles is 1. The molecular weight excluding hydrogens is 398 g/mol. The largest absolute Gasteiger partial charge is 0.491 e. The van der Waals surface area contributed by atoms with Crippen LogP contribution in [-0.2, 0) is 12.8 Å². The summed E-state index contributed by atoms with van der Waals surface area (Å²) in [6.07, 6.45) is -1.39. The van der Waals surface area contributed by atoms with E-state index in [1.165, 1.54) is 0 Å². The van der Waals surface area contributed by atoms with Gasteiger partial charge in [0.25, 0.3) is 0 Å². The number of fused-ring (bicyclic) bond motifs is 1. The molecule has 1 aromatic heterocycles. The zero-order chi connectivity index (χ0) is 22.5. The summed E-state index contributed by atoms with van der Waals surface area (Å²) >= 11 is 0. The first-order valence-electron chi connectivity index (χ1n) is 10.2. The zero-order valence-electron chi connectivity index (χ0n) is 17.5. The van der Waals surface area contributed by atoms with E-state index in [1.807, 2.05) is 13.8 Å². The third kappa shape index (κ3) is 4.62. The fourth-order valence-corrected chi connectivity index (χ4v) is 3.44. The summed E-state index contributed by atoms with van der Waals surface area (Å²) in [5.74, 6) is 0.849. The highest BCUT2D eigenvalue weighted by atomic mass is 16.5. The van der Waals surface area contributed by atoms with Gasteiger partial charge in [-0.3, -0.25) is 4.79 Å². The molecule has 0 spiro atoms. The Morgan fingerprint density at radius 2 is 1.90 bits per heavy atom. The van der Waals surface area contributed by atoms with Crippen LogP contribution >= 0.6 is 0 Å². The molecule has 7 nitrogen and oxygen atoms in total. The quantitative estimate of drug-likeness (QED) is 0.452. The van der Waals surface area contributed by atoms with Crippen molar-refractivity contribution in [3.05, 3.63) is 64.4 Å². The summed E-state index contributed by atoms with van der Waals surface area (Å²) in [7, 11) is 0. The van der Waals surface area contributed by atoms with Gasteiger partial charge in [-0.2, -0.15) is 5.26 Å². The predicted octanol–water partition coefficient (Wildman–Crippen LogP) is 2.75. The number of rotatable bonds is 9. The molecule has 0 saturated heterocycles. The fourth-order valence-electron chi connectivity index (χ4n) is 3.44. The van der Waals surface area contributed by atoms with Crippen molar-refractivity contribution in [2.24, 2.45) is 0 Å². The molecule has 2 atom stereocenters. The van der Waals surface area contributed by atoms with Crippen LogP contribution in [0, 0.1) is 11.3 Å². The van der Waals surface area contributed by atoms with Crippen LogP contribution in [0.15, 0.2) is 40.8 Å². The maximum absolute atomic E-state index is 13.5. The van der Waals surface area contributed by atoms with Crippen LogP contribution in [0.1, 0.15) is 46.7 Å². The maximum atomic E-state index is 13.5. The van der Waals surface area contributed by atoms with Gasteiger partial charge in [0, 0.05) is 17.4 Å².